The number of anilines is 1. The highest BCUT2D eigenvalue weighted by molar-refractivity contribution is 5.98. The maximum atomic E-state index is 12.4. The van der Waals surface area contributed by atoms with E-state index in [9.17, 15) is 10.1 Å². The number of ether oxygens (including phenoxy) is 3. The van der Waals surface area contributed by atoms with Crippen molar-refractivity contribution in [2.24, 2.45) is 0 Å². The molecule has 31 heavy (non-hydrogen) atoms. The van der Waals surface area contributed by atoms with Crippen molar-refractivity contribution in [2.75, 3.05) is 31.2 Å². The molecule has 2 aromatic rings. The topological polar surface area (TPSA) is 71.8 Å². The van der Waals surface area contributed by atoms with Gasteiger partial charge in [-0.05, 0) is 73.7 Å². The van der Waals surface area contributed by atoms with Crippen molar-refractivity contribution in [3.05, 3.63) is 47.5 Å². The molecule has 0 bridgehead atoms. The van der Waals surface area contributed by atoms with Gasteiger partial charge < -0.3 is 19.1 Å². The van der Waals surface area contributed by atoms with Gasteiger partial charge >= 0.3 is 5.97 Å². The zero-order valence-electron chi connectivity index (χ0n) is 18.1. The average Bonchev–Trinajstić information content (AvgIpc) is 3.14. The normalized spacial score (nSPS) is 21.1. The van der Waals surface area contributed by atoms with E-state index in [0.29, 0.717) is 6.61 Å². The van der Waals surface area contributed by atoms with E-state index in [1.54, 1.807) is 6.08 Å². The molecule has 0 saturated carbocycles. The Kier molecular flexibility index (Phi) is 6.26. The minimum absolute atomic E-state index is 0.0394. The summed E-state index contributed by atoms with van der Waals surface area (Å²) in [4.78, 5) is 14.8. The van der Waals surface area contributed by atoms with Crippen LogP contribution in [0.4, 0.5) is 5.69 Å². The first-order chi connectivity index (χ1) is 14.9. The number of benzene rings is 2. The van der Waals surface area contributed by atoms with E-state index in [-0.39, 0.29) is 18.3 Å². The fraction of sp³-hybridized carbons (Fsp3) is 0.440. The summed E-state index contributed by atoms with van der Waals surface area (Å²) in [5.74, 6) is -1.33. The molecule has 0 amide bonds. The monoisotopic (exact) mass is 420 g/mol. The molecule has 2 aromatic carbocycles. The second-order valence-corrected chi connectivity index (χ2v) is 8.56. The summed E-state index contributed by atoms with van der Waals surface area (Å²) in [6.45, 7) is 6.24. The summed E-state index contributed by atoms with van der Waals surface area (Å²) >= 11 is 0. The van der Waals surface area contributed by atoms with Crippen molar-refractivity contribution in [3.8, 4) is 6.07 Å². The van der Waals surface area contributed by atoms with Crippen molar-refractivity contribution < 1.29 is 19.0 Å². The molecular formula is C25H28N2O4. The number of esters is 1. The molecule has 1 atom stereocenters. The minimum Gasteiger partial charge on any atom is -0.459 e. The summed E-state index contributed by atoms with van der Waals surface area (Å²) in [5.41, 5.74) is 1.99. The quantitative estimate of drug-likeness (QED) is 0.405. The Bertz CT molecular complexity index is 1030. The van der Waals surface area contributed by atoms with Crippen molar-refractivity contribution in [1.82, 2.24) is 0 Å². The van der Waals surface area contributed by atoms with Gasteiger partial charge in [0.2, 0.25) is 0 Å². The number of rotatable bonds is 5. The van der Waals surface area contributed by atoms with Crippen LogP contribution >= 0.6 is 0 Å². The van der Waals surface area contributed by atoms with E-state index in [0.717, 1.165) is 29.4 Å². The lowest BCUT2D eigenvalue weighted by atomic mass is 10.0. The highest BCUT2D eigenvalue weighted by Crippen LogP contribution is 2.26. The maximum absolute atomic E-state index is 12.4. The summed E-state index contributed by atoms with van der Waals surface area (Å²) in [6, 6.07) is 14.3. The lowest BCUT2D eigenvalue weighted by Crippen LogP contribution is -2.29. The first-order valence-electron chi connectivity index (χ1n) is 10.8. The Balaban J connectivity index is 1.45. The van der Waals surface area contributed by atoms with E-state index in [1.807, 2.05) is 38.1 Å². The third-order valence-electron chi connectivity index (χ3n) is 5.69. The first kappa shape index (κ1) is 21.4. The van der Waals surface area contributed by atoms with Crippen molar-refractivity contribution in [2.45, 2.75) is 45.0 Å². The third kappa shape index (κ3) is 5.25. The fourth-order valence-electron chi connectivity index (χ4n) is 4.09. The highest BCUT2D eigenvalue weighted by Gasteiger charge is 2.33. The van der Waals surface area contributed by atoms with Gasteiger partial charge in [-0.2, -0.15) is 5.26 Å². The van der Waals surface area contributed by atoms with Crippen molar-refractivity contribution in [3.63, 3.8) is 0 Å². The van der Waals surface area contributed by atoms with Gasteiger partial charge in [-0.15, -0.1) is 0 Å². The number of carbonyl (C=O) groups is 1. The minimum atomic E-state index is -0.677. The maximum Gasteiger partial charge on any atom is 0.348 e. The number of piperidine rings is 1. The molecule has 0 radical (unpaired) electrons. The lowest BCUT2D eigenvalue weighted by molar-refractivity contribution is -0.155. The van der Waals surface area contributed by atoms with Gasteiger partial charge in [0.15, 0.2) is 5.79 Å². The molecule has 2 aliphatic heterocycles. The van der Waals surface area contributed by atoms with Crippen LogP contribution in [0, 0.1) is 11.3 Å². The van der Waals surface area contributed by atoms with Crippen LogP contribution in [-0.4, -0.2) is 44.2 Å². The standard InChI is InChI=1S/C25H28N2O4/c1-25(2)30-17-23(31-25)16-29-24(28)21(15-26)13-18-6-7-20-14-22(9-8-19(20)12-18)27-10-4-3-5-11-27/h6-9,12-14,23H,3-5,10-11,16-17H2,1-2H3/b21-13-. The second-order valence-electron chi connectivity index (χ2n) is 8.56. The number of carbonyl (C=O) groups excluding carboxylic acids is 1. The van der Waals surface area contributed by atoms with Gasteiger partial charge in [-0.3, -0.25) is 0 Å². The Morgan fingerprint density at radius 1 is 1.19 bits per heavy atom. The SMILES string of the molecule is CC1(C)OCC(COC(=O)/C(C#N)=C\c2ccc3cc(N4CCCCC4)ccc3c2)O1. The van der Waals surface area contributed by atoms with Crippen LogP contribution in [-0.2, 0) is 19.0 Å². The predicted octanol–water partition coefficient (Wildman–Crippen LogP) is 4.43. The molecule has 2 heterocycles. The first-order valence-corrected chi connectivity index (χ1v) is 10.8. The molecule has 0 aromatic heterocycles. The molecular weight excluding hydrogens is 392 g/mol. The summed E-state index contributed by atoms with van der Waals surface area (Å²) < 4.78 is 16.4. The van der Waals surface area contributed by atoms with Gasteiger partial charge in [0.1, 0.15) is 24.4 Å². The highest BCUT2D eigenvalue weighted by atomic mass is 16.7. The van der Waals surface area contributed by atoms with Crippen LogP contribution in [0.3, 0.4) is 0 Å². The van der Waals surface area contributed by atoms with E-state index < -0.39 is 11.8 Å². The van der Waals surface area contributed by atoms with E-state index in [4.69, 9.17) is 14.2 Å². The van der Waals surface area contributed by atoms with Gasteiger partial charge in [-0.25, -0.2) is 4.79 Å². The summed E-state index contributed by atoms with van der Waals surface area (Å²) in [5, 5.41) is 11.7. The zero-order valence-corrected chi connectivity index (χ0v) is 18.1. The predicted molar refractivity (Wildman–Crippen MR) is 119 cm³/mol. The van der Waals surface area contributed by atoms with Crippen LogP contribution in [0.1, 0.15) is 38.7 Å². The lowest BCUT2D eigenvalue weighted by Gasteiger charge is -2.29. The van der Waals surface area contributed by atoms with Crippen LogP contribution < -0.4 is 4.90 Å². The third-order valence-corrected chi connectivity index (χ3v) is 5.69. The van der Waals surface area contributed by atoms with Gasteiger partial charge in [0.25, 0.3) is 0 Å². The Labute approximate surface area is 183 Å². The molecule has 0 aliphatic carbocycles. The van der Waals surface area contributed by atoms with Gasteiger partial charge in [0.05, 0.1) is 6.61 Å². The largest absolute Gasteiger partial charge is 0.459 e. The molecule has 6 heteroatoms. The smallest absolute Gasteiger partial charge is 0.348 e. The van der Waals surface area contributed by atoms with E-state index in [1.165, 1.54) is 24.9 Å². The summed E-state index contributed by atoms with van der Waals surface area (Å²) in [6.07, 6.45) is 5.03. The van der Waals surface area contributed by atoms with Gasteiger partial charge in [-0.1, -0.05) is 18.2 Å². The van der Waals surface area contributed by atoms with Gasteiger partial charge in [0, 0.05) is 18.8 Å². The van der Waals surface area contributed by atoms with Crippen molar-refractivity contribution in [1.29, 1.82) is 5.26 Å². The second kappa shape index (κ2) is 9.09. The van der Waals surface area contributed by atoms with Crippen LogP contribution in [0.2, 0.25) is 0 Å². The van der Waals surface area contributed by atoms with Crippen LogP contribution in [0.25, 0.3) is 16.8 Å². The number of fused-ring (bicyclic) bond motifs is 1. The molecule has 6 nitrogen and oxygen atoms in total. The molecule has 2 aliphatic rings. The number of nitrogens with zero attached hydrogens (tertiary/aromatic N) is 2. The molecule has 0 N–H and O–H groups in total. The molecule has 2 saturated heterocycles. The number of nitriles is 1. The Hall–Kier alpha value is -2.88. The number of hydrogen-bond acceptors (Lipinski definition) is 6. The molecule has 2 fully saturated rings. The van der Waals surface area contributed by atoms with Crippen molar-refractivity contribution >= 4 is 28.5 Å². The van der Waals surface area contributed by atoms with Crippen LogP contribution in [0.5, 0.6) is 0 Å². The Morgan fingerprint density at radius 2 is 1.94 bits per heavy atom. The van der Waals surface area contributed by atoms with Crippen LogP contribution in [0.15, 0.2) is 42.0 Å². The molecule has 162 valence electrons. The Morgan fingerprint density at radius 3 is 2.65 bits per heavy atom. The molecule has 0 spiro atoms. The molecule has 4 rings (SSSR count). The summed E-state index contributed by atoms with van der Waals surface area (Å²) in [7, 11) is 0. The molecule has 1 unspecified atom stereocenters. The fourth-order valence-corrected chi connectivity index (χ4v) is 4.09. The zero-order chi connectivity index (χ0) is 21.8. The van der Waals surface area contributed by atoms with E-state index >= 15 is 0 Å². The van der Waals surface area contributed by atoms with E-state index in [2.05, 4.69) is 23.1 Å². The average molecular weight is 421 g/mol. The number of hydrogen-bond donors (Lipinski definition) is 0.